The minimum Gasteiger partial charge on any atom is -0.493 e. The fourth-order valence-corrected chi connectivity index (χ4v) is 4.28. The molecular weight excluding hydrogens is 282 g/mol. The topological polar surface area (TPSA) is 30.5 Å². The molecule has 3 rings (SSSR count). The Labute approximate surface area is 131 Å². The SMILES string of the molecule is CCNC(CC1CCOc2ccccc21)C1CSCCO1. The Balaban J connectivity index is 1.71. The highest BCUT2D eigenvalue weighted by atomic mass is 32.2. The molecule has 1 aromatic carbocycles. The van der Waals surface area contributed by atoms with E-state index in [1.54, 1.807) is 0 Å². The van der Waals surface area contributed by atoms with E-state index in [2.05, 4.69) is 36.5 Å². The van der Waals surface area contributed by atoms with Crippen LogP contribution in [0.15, 0.2) is 24.3 Å². The normalized spacial score (nSPS) is 26.7. The van der Waals surface area contributed by atoms with E-state index in [-0.39, 0.29) is 0 Å². The number of thioether (sulfide) groups is 1. The summed E-state index contributed by atoms with van der Waals surface area (Å²) < 4.78 is 11.8. The van der Waals surface area contributed by atoms with Crippen molar-refractivity contribution in [1.82, 2.24) is 5.32 Å². The van der Waals surface area contributed by atoms with Gasteiger partial charge in [-0.2, -0.15) is 11.8 Å². The smallest absolute Gasteiger partial charge is 0.122 e. The maximum absolute atomic E-state index is 6.01. The number of nitrogens with one attached hydrogen (secondary N) is 1. The Morgan fingerprint density at radius 1 is 1.33 bits per heavy atom. The van der Waals surface area contributed by atoms with Crippen LogP contribution in [0, 0.1) is 0 Å². The molecule has 3 unspecified atom stereocenters. The maximum Gasteiger partial charge on any atom is 0.122 e. The number of fused-ring (bicyclic) bond motifs is 1. The molecule has 0 amide bonds. The van der Waals surface area contributed by atoms with Crippen LogP contribution < -0.4 is 10.1 Å². The Morgan fingerprint density at radius 3 is 3.05 bits per heavy atom. The number of para-hydroxylation sites is 1. The van der Waals surface area contributed by atoms with Crippen molar-refractivity contribution < 1.29 is 9.47 Å². The predicted molar refractivity (Wildman–Crippen MR) is 88.4 cm³/mol. The molecule has 1 saturated heterocycles. The average Bonchev–Trinajstić information content (AvgIpc) is 2.55. The summed E-state index contributed by atoms with van der Waals surface area (Å²) in [5, 5.41) is 3.65. The third-order valence-electron chi connectivity index (χ3n) is 4.38. The molecule has 21 heavy (non-hydrogen) atoms. The van der Waals surface area contributed by atoms with E-state index in [0.717, 1.165) is 49.9 Å². The van der Waals surface area contributed by atoms with Crippen molar-refractivity contribution in [2.75, 3.05) is 31.3 Å². The van der Waals surface area contributed by atoms with Gasteiger partial charge in [-0.25, -0.2) is 0 Å². The van der Waals surface area contributed by atoms with E-state index in [0.29, 0.717) is 18.1 Å². The first kappa shape index (κ1) is 15.2. The van der Waals surface area contributed by atoms with Crippen molar-refractivity contribution in [3.8, 4) is 5.75 Å². The monoisotopic (exact) mass is 307 g/mol. The van der Waals surface area contributed by atoms with Crippen LogP contribution in [-0.2, 0) is 4.74 Å². The molecule has 3 nitrogen and oxygen atoms in total. The van der Waals surface area contributed by atoms with Crippen molar-refractivity contribution in [3.63, 3.8) is 0 Å². The van der Waals surface area contributed by atoms with E-state index in [1.807, 2.05) is 11.8 Å². The Bertz CT molecular complexity index is 448. The Kier molecular flexibility index (Phi) is 5.44. The zero-order valence-corrected chi connectivity index (χ0v) is 13.5. The van der Waals surface area contributed by atoms with E-state index < -0.39 is 0 Å². The third-order valence-corrected chi connectivity index (χ3v) is 5.40. The largest absolute Gasteiger partial charge is 0.493 e. The van der Waals surface area contributed by atoms with Crippen LogP contribution in [0.3, 0.4) is 0 Å². The summed E-state index contributed by atoms with van der Waals surface area (Å²) in [7, 11) is 0. The summed E-state index contributed by atoms with van der Waals surface area (Å²) in [4.78, 5) is 0. The number of hydrogen-bond donors (Lipinski definition) is 1. The molecule has 4 heteroatoms. The highest BCUT2D eigenvalue weighted by molar-refractivity contribution is 7.99. The van der Waals surface area contributed by atoms with Gasteiger partial charge in [-0.1, -0.05) is 25.1 Å². The number of ether oxygens (including phenoxy) is 2. The molecular formula is C17H25NO2S. The van der Waals surface area contributed by atoms with Gasteiger partial charge < -0.3 is 14.8 Å². The molecule has 0 spiro atoms. The molecule has 1 aromatic rings. The van der Waals surface area contributed by atoms with Crippen LogP contribution in [0.5, 0.6) is 5.75 Å². The van der Waals surface area contributed by atoms with Crippen molar-refractivity contribution in [3.05, 3.63) is 29.8 Å². The van der Waals surface area contributed by atoms with E-state index in [1.165, 1.54) is 5.56 Å². The quantitative estimate of drug-likeness (QED) is 0.906. The Hall–Kier alpha value is -0.710. The van der Waals surface area contributed by atoms with Gasteiger partial charge in [0.05, 0.1) is 19.3 Å². The Morgan fingerprint density at radius 2 is 2.24 bits per heavy atom. The molecule has 0 radical (unpaired) electrons. The van der Waals surface area contributed by atoms with Crippen LogP contribution in [0.1, 0.15) is 31.2 Å². The molecule has 1 N–H and O–H groups in total. The number of hydrogen-bond acceptors (Lipinski definition) is 4. The van der Waals surface area contributed by atoms with Crippen LogP contribution >= 0.6 is 11.8 Å². The molecule has 0 saturated carbocycles. The molecule has 0 aliphatic carbocycles. The number of likely N-dealkylation sites (N-methyl/N-ethyl adjacent to an activating group) is 1. The molecule has 0 aromatic heterocycles. The van der Waals surface area contributed by atoms with Crippen molar-refractivity contribution in [2.24, 2.45) is 0 Å². The minimum atomic E-state index is 0.346. The highest BCUT2D eigenvalue weighted by Gasteiger charge is 2.30. The van der Waals surface area contributed by atoms with E-state index in [9.17, 15) is 0 Å². The van der Waals surface area contributed by atoms with Gasteiger partial charge in [0.15, 0.2) is 0 Å². The van der Waals surface area contributed by atoms with Gasteiger partial charge in [-0.05, 0) is 36.9 Å². The van der Waals surface area contributed by atoms with Crippen LogP contribution in [-0.4, -0.2) is 43.4 Å². The number of rotatable bonds is 5. The molecule has 3 atom stereocenters. The molecule has 1 fully saturated rings. The van der Waals surface area contributed by atoms with Crippen LogP contribution in [0.2, 0.25) is 0 Å². The molecule has 116 valence electrons. The first-order chi connectivity index (χ1) is 10.4. The zero-order valence-electron chi connectivity index (χ0n) is 12.7. The summed E-state index contributed by atoms with van der Waals surface area (Å²) >= 11 is 2.02. The van der Waals surface area contributed by atoms with Gasteiger partial charge in [0.25, 0.3) is 0 Å². The first-order valence-corrected chi connectivity index (χ1v) is 9.18. The summed E-state index contributed by atoms with van der Waals surface area (Å²) in [5.41, 5.74) is 1.37. The molecule has 2 heterocycles. The van der Waals surface area contributed by atoms with Gasteiger partial charge in [0.2, 0.25) is 0 Å². The summed E-state index contributed by atoms with van der Waals surface area (Å²) in [5.74, 6) is 3.90. The van der Waals surface area contributed by atoms with Crippen LogP contribution in [0.4, 0.5) is 0 Å². The van der Waals surface area contributed by atoms with Gasteiger partial charge in [-0.15, -0.1) is 0 Å². The van der Waals surface area contributed by atoms with Gasteiger partial charge in [0, 0.05) is 17.5 Å². The fraction of sp³-hybridized carbons (Fsp3) is 0.647. The highest BCUT2D eigenvalue weighted by Crippen LogP contribution is 2.37. The predicted octanol–water partition coefficient (Wildman–Crippen LogP) is 3.05. The second kappa shape index (κ2) is 7.52. The fourth-order valence-electron chi connectivity index (χ4n) is 3.33. The maximum atomic E-state index is 6.01. The zero-order chi connectivity index (χ0) is 14.5. The second-order valence-corrected chi connectivity index (χ2v) is 6.91. The molecule has 2 aliphatic heterocycles. The lowest BCUT2D eigenvalue weighted by Crippen LogP contribution is -2.45. The molecule has 2 aliphatic rings. The average molecular weight is 307 g/mol. The third kappa shape index (κ3) is 3.74. The standard InChI is InChI=1S/C17H25NO2S/c1-2-18-15(17-12-21-10-9-20-17)11-13-7-8-19-16-6-4-3-5-14(13)16/h3-6,13,15,17-18H,2,7-12H2,1H3. The van der Waals surface area contributed by atoms with Crippen molar-refractivity contribution >= 4 is 11.8 Å². The van der Waals surface area contributed by atoms with Crippen molar-refractivity contribution in [2.45, 2.75) is 37.8 Å². The second-order valence-electron chi connectivity index (χ2n) is 5.76. The van der Waals surface area contributed by atoms with Gasteiger partial charge in [-0.3, -0.25) is 0 Å². The van der Waals surface area contributed by atoms with Crippen molar-refractivity contribution in [1.29, 1.82) is 0 Å². The van der Waals surface area contributed by atoms with Gasteiger partial charge in [0.1, 0.15) is 5.75 Å². The van der Waals surface area contributed by atoms with E-state index >= 15 is 0 Å². The summed E-state index contributed by atoms with van der Waals surface area (Å²) in [6, 6.07) is 8.94. The summed E-state index contributed by atoms with van der Waals surface area (Å²) in [6.07, 6.45) is 2.59. The lowest BCUT2D eigenvalue weighted by atomic mass is 9.86. The molecule has 0 bridgehead atoms. The first-order valence-electron chi connectivity index (χ1n) is 8.03. The lowest BCUT2D eigenvalue weighted by molar-refractivity contribution is 0.0419. The van der Waals surface area contributed by atoms with Crippen LogP contribution in [0.25, 0.3) is 0 Å². The lowest BCUT2D eigenvalue weighted by Gasteiger charge is -2.35. The minimum absolute atomic E-state index is 0.346. The van der Waals surface area contributed by atoms with Gasteiger partial charge >= 0.3 is 0 Å². The van der Waals surface area contributed by atoms with E-state index in [4.69, 9.17) is 9.47 Å². The summed E-state index contributed by atoms with van der Waals surface area (Å²) in [6.45, 7) is 4.91. The number of benzene rings is 1.